The number of aliphatic hydroxyl groups excluding tert-OH is 3. The number of rotatable bonds is 17. The Labute approximate surface area is 387 Å². The van der Waals surface area contributed by atoms with Gasteiger partial charge in [-0.1, -0.05) is 42.5 Å². The Morgan fingerprint density at radius 2 is 1.50 bits per heavy atom. The Morgan fingerprint density at radius 1 is 0.794 bits per heavy atom. The van der Waals surface area contributed by atoms with Crippen molar-refractivity contribution < 1.29 is 72.9 Å². The van der Waals surface area contributed by atoms with Crippen molar-refractivity contribution in [1.29, 1.82) is 0 Å². The Bertz CT molecular complexity index is 2540. The largest absolute Gasteiger partial charge is 0.489 e. The molecule has 3 aliphatic rings. The number of ether oxygens (including phenoxy) is 4. The van der Waals surface area contributed by atoms with Gasteiger partial charge < -0.3 is 71.3 Å². The summed E-state index contributed by atoms with van der Waals surface area (Å²) in [4.78, 5) is 88.1. The highest BCUT2D eigenvalue weighted by Crippen LogP contribution is 2.30. The number of hydrogen-bond donors (Lipinski definition) is 10. The van der Waals surface area contributed by atoms with Crippen LogP contribution in [0.5, 0.6) is 11.5 Å². The van der Waals surface area contributed by atoms with Crippen LogP contribution in [-0.4, -0.2) is 117 Å². The fraction of sp³-hybridized carbons (Fsp3) is 0.326. The van der Waals surface area contributed by atoms with Gasteiger partial charge >= 0.3 is 18.1 Å². The maximum absolute atomic E-state index is 13.0. The highest BCUT2D eigenvalue weighted by Gasteiger charge is 2.48. The molecule has 6 atom stereocenters. The van der Waals surface area contributed by atoms with E-state index in [0.717, 1.165) is 22.3 Å². The highest BCUT2D eigenvalue weighted by atomic mass is 16.7. The minimum absolute atomic E-state index is 0.0894. The number of nitrogens with two attached hydrogens (primary N) is 1. The number of benzene rings is 4. The molecule has 0 radical (unpaired) electrons. The normalized spacial score (nSPS) is 20.9. The van der Waals surface area contributed by atoms with Crippen molar-refractivity contribution in [2.45, 2.75) is 82.4 Å². The third kappa shape index (κ3) is 11.8. The molecule has 3 aliphatic heterocycles. The number of fused-ring (bicyclic) bond motifs is 1. The van der Waals surface area contributed by atoms with E-state index < -0.39 is 66.7 Å². The van der Waals surface area contributed by atoms with Gasteiger partial charge in [-0.05, 0) is 76.7 Å². The Balaban J connectivity index is 0.826. The standard InChI is InChI=1S/C46H49N7O15/c47-15-16-48-40(58)32-18-27(6-13-34(32)67-44-38(57)36(55)37(56)39(68-44)43(61)62)23-66-46(64)50-19-24-1-3-25(4-2-24)22-65-30-9-7-29(8-10-30)51-45(63)49-20-26-5-11-31-28(17-26)21-53(42(31)60)33-12-14-35(54)52-41(33)59/h1-11,13,17-18,33,36-39,44,55-57H,12,14-16,19-23,47H2,(H,48,58)(H,50,64)(H,61,62)(H2,49,51,63)(H,52,54,59)/t33?,36-,37-,38+,39-,44+/m0/s1. The third-order valence-electron chi connectivity index (χ3n) is 11.2. The first-order chi connectivity index (χ1) is 32.7. The van der Waals surface area contributed by atoms with Crippen molar-refractivity contribution in [1.82, 2.24) is 26.2 Å². The quantitative estimate of drug-likeness (QED) is 0.0653. The average Bonchev–Trinajstić information content (AvgIpc) is 3.65. The van der Waals surface area contributed by atoms with Crippen LogP contribution < -0.4 is 41.8 Å². The molecule has 22 nitrogen and oxygen atoms in total. The lowest BCUT2D eigenvalue weighted by Crippen LogP contribution is -2.61. The van der Waals surface area contributed by atoms with Gasteiger partial charge in [-0.3, -0.25) is 24.5 Å². The van der Waals surface area contributed by atoms with E-state index in [2.05, 4.69) is 26.6 Å². The van der Waals surface area contributed by atoms with Gasteiger partial charge in [0.2, 0.25) is 18.1 Å². The lowest BCUT2D eigenvalue weighted by Gasteiger charge is -2.38. The number of alkyl carbamates (subject to hydrolysis) is 1. The van der Waals surface area contributed by atoms with E-state index in [9.17, 15) is 54.0 Å². The smallest absolute Gasteiger partial charge is 0.407 e. The molecule has 0 spiro atoms. The number of carboxylic acid groups (broad SMARTS) is 1. The minimum Gasteiger partial charge on any atom is -0.489 e. The van der Waals surface area contributed by atoms with Crippen LogP contribution in [0, 0.1) is 0 Å². The molecule has 7 amide bonds. The number of hydrogen-bond acceptors (Lipinski definition) is 15. The first-order valence-corrected chi connectivity index (χ1v) is 21.4. The topological polar surface area (TPSA) is 327 Å². The number of carbonyl (C=O) groups is 7. The lowest BCUT2D eigenvalue weighted by atomic mass is 9.99. The van der Waals surface area contributed by atoms with Crippen LogP contribution in [0.25, 0.3) is 0 Å². The minimum atomic E-state index is -1.94. The zero-order chi connectivity index (χ0) is 48.5. The molecular formula is C46H49N7O15. The molecule has 68 heavy (non-hydrogen) atoms. The van der Waals surface area contributed by atoms with Gasteiger partial charge in [0.25, 0.3) is 11.8 Å². The summed E-state index contributed by atoms with van der Waals surface area (Å²) in [5.41, 5.74) is 9.90. The summed E-state index contributed by atoms with van der Waals surface area (Å²) in [5.74, 6) is -2.98. The van der Waals surface area contributed by atoms with Crippen LogP contribution in [0.1, 0.15) is 61.4 Å². The van der Waals surface area contributed by atoms with Crippen molar-refractivity contribution in [2.24, 2.45) is 5.73 Å². The van der Waals surface area contributed by atoms with E-state index in [0.29, 0.717) is 22.6 Å². The molecule has 4 aromatic carbocycles. The van der Waals surface area contributed by atoms with E-state index in [-0.39, 0.29) is 81.9 Å². The number of nitrogens with one attached hydrogen (secondary N) is 5. The number of nitrogens with zero attached hydrogens (tertiary/aromatic N) is 1. The number of carbonyl (C=O) groups excluding carboxylic acids is 6. The van der Waals surface area contributed by atoms with Crippen molar-refractivity contribution in [3.8, 4) is 11.5 Å². The summed E-state index contributed by atoms with van der Waals surface area (Å²) in [7, 11) is 0. The van der Waals surface area contributed by atoms with Gasteiger partial charge in [0, 0.05) is 50.4 Å². The molecule has 0 bridgehead atoms. The van der Waals surface area contributed by atoms with Crippen LogP contribution in [0.2, 0.25) is 0 Å². The lowest BCUT2D eigenvalue weighted by molar-refractivity contribution is -0.271. The zero-order valence-corrected chi connectivity index (χ0v) is 36.2. The van der Waals surface area contributed by atoms with Crippen LogP contribution in [0.4, 0.5) is 15.3 Å². The molecule has 1 unspecified atom stereocenters. The number of urea groups is 1. The summed E-state index contributed by atoms with van der Waals surface area (Å²) in [5, 5.41) is 53.0. The van der Waals surface area contributed by atoms with Crippen molar-refractivity contribution in [3.05, 3.63) is 124 Å². The second kappa shape index (κ2) is 21.8. The van der Waals surface area contributed by atoms with Crippen molar-refractivity contribution >= 4 is 47.4 Å². The summed E-state index contributed by atoms with van der Waals surface area (Å²) < 4.78 is 22.0. The maximum atomic E-state index is 13.0. The summed E-state index contributed by atoms with van der Waals surface area (Å²) >= 11 is 0. The number of carboxylic acids is 1. The number of amides is 7. The number of piperidine rings is 1. The van der Waals surface area contributed by atoms with E-state index in [1.807, 2.05) is 18.2 Å². The molecule has 0 aromatic heterocycles. The second-order valence-electron chi connectivity index (χ2n) is 16.0. The molecule has 3 heterocycles. The fourth-order valence-corrected chi connectivity index (χ4v) is 7.53. The number of imide groups is 1. The van der Waals surface area contributed by atoms with Gasteiger partial charge in [-0.25, -0.2) is 14.4 Å². The Kier molecular flexibility index (Phi) is 15.5. The summed E-state index contributed by atoms with van der Waals surface area (Å²) in [6.07, 6.45) is -9.74. The summed E-state index contributed by atoms with van der Waals surface area (Å²) in [6, 6.07) is 22.3. The second-order valence-corrected chi connectivity index (χ2v) is 16.0. The van der Waals surface area contributed by atoms with E-state index in [1.165, 1.54) is 23.1 Å². The van der Waals surface area contributed by atoms with Crippen LogP contribution in [-0.2, 0) is 56.7 Å². The first-order valence-electron chi connectivity index (χ1n) is 21.4. The Hall–Kier alpha value is -7.63. The van der Waals surface area contributed by atoms with Crippen molar-refractivity contribution in [3.63, 3.8) is 0 Å². The molecule has 0 saturated carbocycles. The highest BCUT2D eigenvalue weighted by molar-refractivity contribution is 6.05. The maximum Gasteiger partial charge on any atom is 0.407 e. The van der Waals surface area contributed by atoms with Crippen LogP contribution in [0.15, 0.2) is 84.9 Å². The predicted octanol–water partition coefficient (Wildman–Crippen LogP) is 0.734. The van der Waals surface area contributed by atoms with Crippen LogP contribution >= 0.6 is 0 Å². The van der Waals surface area contributed by atoms with Crippen molar-refractivity contribution in [2.75, 3.05) is 18.4 Å². The molecule has 22 heteroatoms. The third-order valence-corrected chi connectivity index (χ3v) is 11.2. The molecule has 2 fully saturated rings. The first kappa shape index (κ1) is 48.3. The van der Waals surface area contributed by atoms with E-state index in [4.69, 9.17) is 24.7 Å². The Morgan fingerprint density at radius 3 is 2.22 bits per heavy atom. The summed E-state index contributed by atoms with van der Waals surface area (Å²) in [6.45, 7) is 0.717. The van der Waals surface area contributed by atoms with Gasteiger partial charge in [-0.15, -0.1) is 0 Å². The number of aliphatic hydroxyl groups is 3. The molecule has 11 N–H and O–H groups in total. The van der Waals surface area contributed by atoms with Gasteiger partial charge in [-0.2, -0.15) is 0 Å². The van der Waals surface area contributed by atoms with Gasteiger partial charge in [0.05, 0.1) is 5.56 Å². The fourth-order valence-electron chi connectivity index (χ4n) is 7.53. The predicted molar refractivity (Wildman–Crippen MR) is 235 cm³/mol. The van der Waals surface area contributed by atoms with Crippen LogP contribution in [0.3, 0.4) is 0 Å². The average molecular weight is 940 g/mol. The van der Waals surface area contributed by atoms with E-state index in [1.54, 1.807) is 48.5 Å². The zero-order valence-electron chi connectivity index (χ0n) is 36.2. The van der Waals surface area contributed by atoms with Gasteiger partial charge in [0.1, 0.15) is 49.1 Å². The molecular weight excluding hydrogens is 891 g/mol. The molecule has 358 valence electrons. The van der Waals surface area contributed by atoms with E-state index >= 15 is 0 Å². The molecule has 4 aromatic rings. The number of anilines is 1. The molecule has 7 rings (SSSR count). The van der Waals surface area contributed by atoms with Gasteiger partial charge in [0.15, 0.2) is 6.10 Å². The monoisotopic (exact) mass is 939 g/mol. The number of aliphatic carboxylic acids is 1. The molecule has 0 aliphatic carbocycles. The molecule has 2 saturated heterocycles. The SMILES string of the molecule is NCCNC(=O)c1cc(COC(=O)NCc2ccc(COc3ccc(NC(=O)NCc4ccc5c(c4)CN(C4CCC(=O)NC4=O)C5=O)cc3)cc2)ccc1O[C@@H]1O[C@H](C(=O)O)[C@@H](O)[C@H](O)[C@H]1O.